The van der Waals surface area contributed by atoms with Crippen molar-refractivity contribution in [3.63, 3.8) is 0 Å². The Hall–Kier alpha value is -0.850. The number of piperidine rings is 1. The molecule has 1 aliphatic heterocycles. The predicted octanol–water partition coefficient (Wildman–Crippen LogP) is 4.03. The van der Waals surface area contributed by atoms with Gasteiger partial charge in [-0.3, -0.25) is 0 Å². The zero-order chi connectivity index (χ0) is 17.1. The van der Waals surface area contributed by atoms with Crippen LogP contribution in [0.3, 0.4) is 0 Å². The zero-order valence-electron chi connectivity index (χ0n) is 12.9. The number of nitrogens with one attached hydrogen (secondary N) is 2. The second kappa shape index (κ2) is 7.36. The molecule has 0 bridgehead atoms. The topological polar surface area (TPSA) is 24.1 Å². The standard InChI is InChI=1S/C16H21ClF4N2/c1-11(16(19,20)21)23-8-6-15(5-2-7-22-10-15)12-3-4-13(17)14(18)9-12/h3-4,9,11,22-23H,2,5-8,10H2,1H3/t11-,15-/m1/s1. The smallest absolute Gasteiger partial charge is 0.316 e. The Morgan fingerprint density at radius 3 is 2.70 bits per heavy atom. The molecule has 2 N–H and O–H groups in total. The van der Waals surface area contributed by atoms with E-state index in [2.05, 4.69) is 10.6 Å². The minimum absolute atomic E-state index is 0.0523. The third-order valence-electron chi connectivity index (χ3n) is 4.55. The molecular formula is C16H21ClF4N2. The van der Waals surface area contributed by atoms with E-state index < -0.39 is 18.0 Å². The normalized spacial score (nSPS) is 23.7. The Kier molecular flexibility index (Phi) is 5.92. The second-order valence-electron chi connectivity index (χ2n) is 6.16. The van der Waals surface area contributed by atoms with Gasteiger partial charge in [0.15, 0.2) is 0 Å². The first kappa shape index (κ1) is 18.5. The summed E-state index contributed by atoms with van der Waals surface area (Å²) in [7, 11) is 0. The van der Waals surface area contributed by atoms with E-state index in [9.17, 15) is 17.6 Å². The van der Waals surface area contributed by atoms with Crippen LogP contribution in [0.25, 0.3) is 0 Å². The number of rotatable bonds is 5. The molecule has 130 valence electrons. The summed E-state index contributed by atoms with van der Waals surface area (Å²) in [6.07, 6.45) is -2.05. The van der Waals surface area contributed by atoms with E-state index in [1.165, 1.54) is 12.1 Å². The van der Waals surface area contributed by atoms with Gasteiger partial charge in [-0.1, -0.05) is 17.7 Å². The first-order chi connectivity index (χ1) is 10.7. The summed E-state index contributed by atoms with van der Waals surface area (Å²) in [5.74, 6) is -0.495. The maximum atomic E-state index is 13.8. The average Bonchev–Trinajstić information content (AvgIpc) is 2.50. The largest absolute Gasteiger partial charge is 0.403 e. The molecule has 1 heterocycles. The van der Waals surface area contributed by atoms with Crippen LogP contribution in [-0.4, -0.2) is 31.9 Å². The quantitative estimate of drug-likeness (QED) is 0.782. The molecule has 0 saturated carbocycles. The van der Waals surface area contributed by atoms with Gasteiger partial charge in [0.1, 0.15) is 11.9 Å². The average molecular weight is 353 g/mol. The highest BCUT2D eigenvalue weighted by Gasteiger charge is 2.37. The van der Waals surface area contributed by atoms with Crippen molar-refractivity contribution in [1.29, 1.82) is 0 Å². The van der Waals surface area contributed by atoms with Crippen LogP contribution >= 0.6 is 11.6 Å². The molecule has 0 radical (unpaired) electrons. The van der Waals surface area contributed by atoms with Gasteiger partial charge in [-0.25, -0.2) is 4.39 Å². The molecular weight excluding hydrogens is 332 g/mol. The highest BCUT2D eigenvalue weighted by atomic mass is 35.5. The fraction of sp³-hybridized carbons (Fsp3) is 0.625. The fourth-order valence-corrected chi connectivity index (χ4v) is 3.16. The number of alkyl halides is 3. The summed E-state index contributed by atoms with van der Waals surface area (Å²) in [6.45, 7) is 2.81. The Labute approximate surface area is 138 Å². The maximum absolute atomic E-state index is 13.8. The van der Waals surface area contributed by atoms with E-state index in [4.69, 9.17) is 11.6 Å². The van der Waals surface area contributed by atoms with Gasteiger partial charge in [0.2, 0.25) is 0 Å². The van der Waals surface area contributed by atoms with Crippen LogP contribution in [0.1, 0.15) is 31.7 Å². The number of halogens is 5. The lowest BCUT2D eigenvalue weighted by Gasteiger charge is -2.39. The van der Waals surface area contributed by atoms with Gasteiger partial charge in [0.25, 0.3) is 0 Å². The summed E-state index contributed by atoms with van der Waals surface area (Å²) in [5, 5.41) is 5.84. The third-order valence-corrected chi connectivity index (χ3v) is 4.86. The Bertz CT molecular complexity index is 527. The Morgan fingerprint density at radius 1 is 1.39 bits per heavy atom. The highest BCUT2D eigenvalue weighted by Crippen LogP contribution is 2.36. The van der Waals surface area contributed by atoms with Crippen molar-refractivity contribution in [3.05, 3.63) is 34.6 Å². The summed E-state index contributed by atoms with van der Waals surface area (Å²) >= 11 is 5.73. The van der Waals surface area contributed by atoms with Crippen LogP contribution in [0.15, 0.2) is 18.2 Å². The van der Waals surface area contributed by atoms with Crippen LogP contribution in [0.5, 0.6) is 0 Å². The summed E-state index contributed by atoms with van der Waals surface area (Å²) in [5.41, 5.74) is 0.412. The van der Waals surface area contributed by atoms with E-state index in [-0.39, 0.29) is 17.0 Å². The van der Waals surface area contributed by atoms with Crippen molar-refractivity contribution < 1.29 is 17.6 Å². The zero-order valence-corrected chi connectivity index (χ0v) is 13.7. The van der Waals surface area contributed by atoms with E-state index in [0.29, 0.717) is 13.0 Å². The third kappa shape index (κ3) is 4.58. The molecule has 0 amide bonds. The molecule has 0 aromatic heterocycles. The van der Waals surface area contributed by atoms with Crippen LogP contribution in [0, 0.1) is 5.82 Å². The van der Waals surface area contributed by atoms with Gasteiger partial charge in [-0.05, 0) is 57.0 Å². The van der Waals surface area contributed by atoms with Gasteiger partial charge < -0.3 is 10.6 Å². The molecule has 1 fully saturated rings. The Balaban J connectivity index is 2.11. The molecule has 2 atom stereocenters. The lowest BCUT2D eigenvalue weighted by atomic mass is 9.72. The fourth-order valence-electron chi connectivity index (χ4n) is 3.04. The molecule has 0 aliphatic carbocycles. The molecule has 1 aromatic carbocycles. The van der Waals surface area contributed by atoms with Gasteiger partial charge >= 0.3 is 6.18 Å². The van der Waals surface area contributed by atoms with E-state index in [1.807, 2.05) is 0 Å². The molecule has 0 spiro atoms. The highest BCUT2D eigenvalue weighted by molar-refractivity contribution is 6.30. The van der Waals surface area contributed by atoms with Crippen LogP contribution in [0.4, 0.5) is 17.6 Å². The van der Waals surface area contributed by atoms with E-state index in [0.717, 1.165) is 31.9 Å². The molecule has 1 saturated heterocycles. The van der Waals surface area contributed by atoms with Crippen molar-refractivity contribution in [2.75, 3.05) is 19.6 Å². The van der Waals surface area contributed by atoms with E-state index >= 15 is 0 Å². The number of hydrogen-bond acceptors (Lipinski definition) is 2. The molecule has 1 aromatic rings. The van der Waals surface area contributed by atoms with Crippen molar-refractivity contribution in [1.82, 2.24) is 10.6 Å². The van der Waals surface area contributed by atoms with Crippen LogP contribution < -0.4 is 10.6 Å². The first-order valence-corrected chi connectivity index (χ1v) is 8.09. The van der Waals surface area contributed by atoms with Crippen molar-refractivity contribution in [3.8, 4) is 0 Å². The minimum Gasteiger partial charge on any atom is -0.316 e. The van der Waals surface area contributed by atoms with E-state index in [1.54, 1.807) is 6.07 Å². The van der Waals surface area contributed by atoms with Crippen molar-refractivity contribution >= 4 is 11.6 Å². The molecule has 7 heteroatoms. The summed E-state index contributed by atoms with van der Waals surface area (Å²) in [6, 6.07) is 3.13. The van der Waals surface area contributed by atoms with Gasteiger partial charge in [-0.15, -0.1) is 0 Å². The van der Waals surface area contributed by atoms with Gasteiger partial charge in [-0.2, -0.15) is 13.2 Å². The number of hydrogen-bond donors (Lipinski definition) is 2. The van der Waals surface area contributed by atoms with Crippen LogP contribution in [0.2, 0.25) is 5.02 Å². The molecule has 23 heavy (non-hydrogen) atoms. The SMILES string of the molecule is C[C@@H](NCC[C@]1(c2ccc(Cl)c(F)c2)CCCNC1)C(F)(F)F. The van der Waals surface area contributed by atoms with Crippen LogP contribution in [-0.2, 0) is 5.41 Å². The summed E-state index contributed by atoms with van der Waals surface area (Å²) < 4.78 is 51.6. The first-order valence-electron chi connectivity index (χ1n) is 7.71. The monoisotopic (exact) mass is 352 g/mol. The molecule has 0 unspecified atom stereocenters. The summed E-state index contributed by atoms with van der Waals surface area (Å²) in [4.78, 5) is 0. The lowest BCUT2D eigenvalue weighted by molar-refractivity contribution is -0.151. The lowest BCUT2D eigenvalue weighted by Crippen LogP contribution is -2.47. The van der Waals surface area contributed by atoms with Crippen molar-refractivity contribution in [2.24, 2.45) is 0 Å². The second-order valence-corrected chi connectivity index (χ2v) is 6.56. The molecule has 2 rings (SSSR count). The molecule has 1 aliphatic rings. The van der Waals surface area contributed by atoms with Gasteiger partial charge in [0.05, 0.1) is 5.02 Å². The van der Waals surface area contributed by atoms with Gasteiger partial charge in [0, 0.05) is 12.0 Å². The number of benzene rings is 1. The minimum atomic E-state index is -4.26. The Morgan fingerprint density at radius 2 is 2.13 bits per heavy atom. The van der Waals surface area contributed by atoms with Crippen molar-refractivity contribution in [2.45, 2.75) is 43.8 Å². The molecule has 2 nitrogen and oxygen atoms in total. The predicted molar refractivity (Wildman–Crippen MR) is 83.3 cm³/mol. The maximum Gasteiger partial charge on any atom is 0.403 e.